The lowest BCUT2D eigenvalue weighted by Crippen LogP contribution is -2.33. The Morgan fingerprint density at radius 1 is 1.22 bits per heavy atom. The van der Waals surface area contributed by atoms with E-state index in [-0.39, 0.29) is 11.9 Å². The first-order chi connectivity index (χ1) is 4.08. The predicted octanol–water partition coefficient (Wildman–Crippen LogP) is 1.86. The van der Waals surface area contributed by atoms with Crippen molar-refractivity contribution in [3.63, 3.8) is 0 Å². The van der Waals surface area contributed by atoms with Crippen LogP contribution in [-0.4, -0.2) is 22.9 Å². The highest BCUT2D eigenvalue weighted by Gasteiger charge is 2.34. The lowest BCUT2D eigenvalue weighted by atomic mass is 10.3. The van der Waals surface area contributed by atoms with Crippen molar-refractivity contribution >= 4 is 11.9 Å². The summed E-state index contributed by atoms with van der Waals surface area (Å²) in [5.41, 5.74) is -4.08. The van der Waals surface area contributed by atoms with Gasteiger partial charge in [-0.1, -0.05) is 0 Å². The van der Waals surface area contributed by atoms with Gasteiger partial charge >= 0.3 is 5.51 Å². The van der Waals surface area contributed by atoms with Crippen LogP contribution in [-0.2, 0) is 0 Å². The van der Waals surface area contributed by atoms with Crippen LogP contribution in [0, 0.1) is 0 Å². The molecule has 0 aliphatic carbocycles. The van der Waals surface area contributed by atoms with Gasteiger partial charge in [-0.05, 0) is 6.42 Å². The number of rotatable bonds is 1. The van der Waals surface area contributed by atoms with E-state index in [9.17, 15) is 13.2 Å². The third-order valence-electron chi connectivity index (χ3n) is 1.05. The minimum Gasteiger partial charge on any atom is -0.243 e. The van der Waals surface area contributed by atoms with Crippen LogP contribution < -0.4 is 0 Å². The summed E-state index contributed by atoms with van der Waals surface area (Å²) in [6.45, 7) is 1.15. The van der Waals surface area contributed by atoms with Crippen LogP contribution in [0.15, 0.2) is 0 Å². The molecule has 0 aromatic rings. The molecule has 1 rings (SSSR count). The van der Waals surface area contributed by atoms with Gasteiger partial charge in [-0.15, -0.1) is 0 Å². The number of halogens is 3. The molecular weight excluding hydrogens is 151 g/mol. The van der Waals surface area contributed by atoms with E-state index in [2.05, 4.69) is 0 Å². The van der Waals surface area contributed by atoms with Crippen molar-refractivity contribution in [2.75, 3.05) is 13.1 Å². The van der Waals surface area contributed by atoms with Crippen LogP contribution in [0.5, 0.6) is 0 Å². The maximum atomic E-state index is 11.4. The van der Waals surface area contributed by atoms with Crippen LogP contribution in [0.4, 0.5) is 13.2 Å². The minimum absolute atomic E-state index is 0.0231. The molecule has 0 saturated carbocycles. The van der Waals surface area contributed by atoms with Crippen molar-refractivity contribution in [1.29, 1.82) is 0 Å². The first kappa shape index (κ1) is 7.21. The van der Waals surface area contributed by atoms with E-state index in [0.717, 1.165) is 6.42 Å². The Kier molecular flexibility index (Phi) is 1.91. The number of hydrogen-bond donors (Lipinski definition) is 0. The smallest absolute Gasteiger partial charge is 0.243 e. The van der Waals surface area contributed by atoms with Crippen molar-refractivity contribution in [3.8, 4) is 0 Å². The molecule has 1 aliphatic rings. The van der Waals surface area contributed by atoms with E-state index in [0.29, 0.717) is 13.1 Å². The van der Waals surface area contributed by atoms with Crippen LogP contribution in [0.1, 0.15) is 6.42 Å². The van der Waals surface area contributed by atoms with Crippen molar-refractivity contribution in [3.05, 3.63) is 0 Å². The van der Waals surface area contributed by atoms with Crippen LogP contribution in [0.25, 0.3) is 0 Å². The fourth-order valence-electron chi connectivity index (χ4n) is 0.525. The monoisotopic (exact) mass is 157 g/mol. The normalized spacial score (nSPS) is 21.7. The maximum absolute atomic E-state index is 11.4. The Labute approximate surface area is 55.3 Å². The average molecular weight is 157 g/mol. The molecule has 0 N–H and O–H groups in total. The van der Waals surface area contributed by atoms with Crippen molar-refractivity contribution < 1.29 is 13.2 Å². The van der Waals surface area contributed by atoms with Gasteiger partial charge in [-0.3, -0.25) is 0 Å². The Morgan fingerprint density at radius 2 is 1.78 bits per heavy atom. The molecule has 1 heterocycles. The predicted molar refractivity (Wildman–Crippen MR) is 29.8 cm³/mol. The molecule has 54 valence electrons. The molecule has 1 nitrogen and oxygen atoms in total. The summed E-state index contributed by atoms with van der Waals surface area (Å²) in [6.07, 6.45) is 0.892. The second kappa shape index (κ2) is 2.38. The molecule has 0 atom stereocenters. The standard InChI is InChI=1S/C4H6F3NS/c5-4(6,7)9-8-2-1-3-8/h1-3H2. The van der Waals surface area contributed by atoms with Crippen molar-refractivity contribution in [1.82, 2.24) is 4.31 Å². The third-order valence-corrected chi connectivity index (χ3v) is 1.88. The van der Waals surface area contributed by atoms with Gasteiger partial charge < -0.3 is 0 Å². The lowest BCUT2D eigenvalue weighted by Gasteiger charge is -2.29. The Bertz CT molecular complexity index is 98.5. The molecule has 1 saturated heterocycles. The molecule has 5 heteroatoms. The van der Waals surface area contributed by atoms with Crippen LogP contribution >= 0.6 is 11.9 Å². The molecule has 1 fully saturated rings. The summed E-state index contributed by atoms with van der Waals surface area (Å²) in [4.78, 5) is 0. The second-order valence-corrected chi connectivity index (χ2v) is 2.98. The molecular formula is C4H6F3NS. The lowest BCUT2D eigenvalue weighted by molar-refractivity contribution is -0.0373. The molecule has 0 amide bonds. The molecule has 0 aromatic carbocycles. The molecule has 0 bridgehead atoms. The van der Waals surface area contributed by atoms with E-state index in [1.807, 2.05) is 0 Å². The Hall–Kier alpha value is 0.1000. The van der Waals surface area contributed by atoms with Gasteiger partial charge in [0.05, 0.1) is 0 Å². The number of alkyl halides is 3. The van der Waals surface area contributed by atoms with Gasteiger partial charge in [-0.25, -0.2) is 4.31 Å². The quantitative estimate of drug-likeness (QED) is 0.534. The number of hydrogen-bond acceptors (Lipinski definition) is 2. The minimum atomic E-state index is -4.08. The summed E-state index contributed by atoms with van der Waals surface area (Å²) < 4.78 is 35.7. The summed E-state index contributed by atoms with van der Waals surface area (Å²) in [7, 11) is 0. The van der Waals surface area contributed by atoms with E-state index in [4.69, 9.17) is 0 Å². The molecule has 9 heavy (non-hydrogen) atoms. The highest BCUT2D eigenvalue weighted by Crippen LogP contribution is 2.35. The van der Waals surface area contributed by atoms with Gasteiger partial charge in [-0.2, -0.15) is 13.2 Å². The summed E-state index contributed by atoms with van der Waals surface area (Å²) >= 11 is -0.0231. The zero-order chi connectivity index (χ0) is 6.91. The molecule has 1 aliphatic heterocycles. The van der Waals surface area contributed by atoms with Crippen LogP contribution in [0.3, 0.4) is 0 Å². The number of nitrogens with zero attached hydrogens (tertiary/aromatic N) is 1. The highest BCUT2D eigenvalue weighted by atomic mass is 32.2. The molecule has 0 aromatic heterocycles. The molecule has 0 spiro atoms. The average Bonchev–Trinajstić information content (AvgIpc) is 1.53. The molecule has 0 radical (unpaired) electrons. The van der Waals surface area contributed by atoms with Gasteiger partial charge in [0.1, 0.15) is 0 Å². The summed E-state index contributed by atoms with van der Waals surface area (Å²) in [6, 6.07) is 0. The Morgan fingerprint density at radius 3 is 1.89 bits per heavy atom. The fraction of sp³-hybridized carbons (Fsp3) is 1.00. The topological polar surface area (TPSA) is 3.24 Å². The Balaban J connectivity index is 2.16. The first-order valence-corrected chi connectivity index (χ1v) is 3.36. The fourth-order valence-corrected chi connectivity index (χ4v) is 1.26. The first-order valence-electron chi connectivity index (χ1n) is 2.59. The summed E-state index contributed by atoms with van der Waals surface area (Å²) in [5, 5.41) is 0. The van der Waals surface area contributed by atoms with Crippen molar-refractivity contribution in [2.45, 2.75) is 11.9 Å². The zero-order valence-electron chi connectivity index (χ0n) is 4.61. The van der Waals surface area contributed by atoms with Crippen molar-refractivity contribution in [2.24, 2.45) is 0 Å². The maximum Gasteiger partial charge on any atom is 0.456 e. The SMILES string of the molecule is FC(F)(F)SN1CCC1. The summed E-state index contributed by atoms with van der Waals surface area (Å²) in [5.74, 6) is 0. The largest absolute Gasteiger partial charge is 0.456 e. The van der Waals surface area contributed by atoms with Crippen LogP contribution in [0.2, 0.25) is 0 Å². The van der Waals surface area contributed by atoms with E-state index in [1.54, 1.807) is 0 Å². The zero-order valence-corrected chi connectivity index (χ0v) is 5.43. The third kappa shape index (κ3) is 2.45. The van der Waals surface area contributed by atoms with E-state index < -0.39 is 5.51 Å². The second-order valence-electron chi connectivity index (χ2n) is 1.82. The van der Waals surface area contributed by atoms with Gasteiger partial charge in [0.25, 0.3) is 0 Å². The van der Waals surface area contributed by atoms with E-state index >= 15 is 0 Å². The molecule has 0 unspecified atom stereocenters. The van der Waals surface area contributed by atoms with E-state index in [1.165, 1.54) is 4.31 Å². The highest BCUT2D eigenvalue weighted by molar-refractivity contribution is 7.97. The van der Waals surface area contributed by atoms with Gasteiger partial charge in [0.2, 0.25) is 0 Å². The van der Waals surface area contributed by atoms with Gasteiger partial charge in [0.15, 0.2) is 0 Å². The van der Waals surface area contributed by atoms with Gasteiger partial charge in [0, 0.05) is 25.0 Å².